The van der Waals surface area contributed by atoms with E-state index in [0.717, 1.165) is 32.2 Å². The van der Waals surface area contributed by atoms with Gasteiger partial charge in [0.25, 0.3) is 5.91 Å². The van der Waals surface area contributed by atoms with Crippen LogP contribution in [0.1, 0.15) is 41.6 Å². The molecule has 2 N–H and O–H groups in total. The number of nitrogens with two attached hydrogens (primary N) is 1. The number of amides is 2. The first-order chi connectivity index (χ1) is 11.6. The normalized spacial score (nSPS) is 22.3. The number of hydrogen-bond acceptors (Lipinski definition) is 4. The molecule has 0 bridgehead atoms. The van der Waals surface area contributed by atoms with Crippen molar-refractivity contribution >= 4 is 11.8 Å². The van der Waals surface area contributed by atoms with E-state index in [0.29, 0.717) is 30.3 Å². The van der Waals surface area contributed by atoms with Crippen molar-refractivity contribution in [1.29, 1.82) is 5.26 Å². The first kappa shape index (κ1) is 16.5. The van der Waals surface area contributed by atoms with Gasteiger partial charge in [-0.1, -0.05) is 6.07 Å². The van der Waals surface area contributed by atoms with Crippen molar-refractivity contribution < 1.29 is 9.59 Å². The maximum Gasteiger partial charge on any atom is 0.253 e. The smallest absolute Gasteiger partial charge is 0.253 e. The van der Waals surface area contributed by atoms with E-state index in [1.165, 1.54) is 0 Å². The molecule has 2 fully saturated rings. The third-order valence-electron chi connectivity index (χ3n) is 5.08. The van der Waals surface area contributed by atoms with Crippen LogP contribution in [-0.2, 0) is 4.79 Å². The molecule has 0 saturated carbocycles. The van der Waals surface area contributed by atoms with Crippen LogP contribution in [0.2, 0.25) is 0 Å². The van der Waals surface area contributed by atoms with Crippen LogP contribution in [0.4, 0.5) is 0 Å². The number of piperidine rings is 1. The minimum atomic E-state index is -0.237. The SMILES string of the molecule is N#Cc1cccc(C(=O)N2CCC(N3CCCC3C(N)=O)CC2)c1. The highest BCUT2D eigenvalue weighted by molar-refractivity contribution is 5.94. The van der Waals surface area contributed by atoms with Gasteiger partial charge in [0, 0.05) is 24.7 Å². The predicted molar refractivity (Wildman–Crippen MR) is 89.0 cm³/mol. The largest absolute Gasteiger partial charge is 0.368 e. The van der Waals surface area contributed by atoms with Crippen molar-refractivity contribution in [2.24, 2.45) is 5.73 Å². The second-order valence-corrected chi connectivity index (χ2v) is 6.51. The molecule has 1 unspecified atom stereocenters. The molecule has 6 heteroatoms. The number of hydrogen-bond donors (Lipinski definition) is 1. The van der Waals surface area contributed by atoms with Crippen LogP contribution in [0, 0.1) is 11.3 Å². The molecule has 2 aliphatic rings. The number of nitriles is 1. The molecule has 2 saturated heterocycles. The lowest BCUT2D eigenvalue weighted by Crippen LogP contribution is -2.51. The first-order valence-electron chi connectivity index (χ1n) is 8.44. The van der Waals surface area contributed by atoms with E-state index < -0.39 is 0 Å². The van der Waals surface area contributed by atoms with E-state index in [2.05, 4.69) is 11.0 Å². The Labute approximate surface area is 141 Å². The maximum absolute atomic E-state index is 12.6. The van der Waals surface area contributed by atoms with Gasteiger partial charge in [0.2, 0.25) is 5.91 Å². The Balaban J connectivity index is 1.61. The first-order valence-corrected chi connectivity index (χ1v) is 8.44. The van der Waals surface area contributed by atoms with Gasteiger partial charge in [-0.3, -0.25) is 14.5 Å². The summed E-state index contributed by atoms with van der Waals surface area (Å²) < 4.78 is 0. The summed E-state index contributed by atoms with van der Waals surface area (Å²) in [5.41, 5.74) is 6.56. The number of likely N-dealkylation sites (tertiary alicyclic amines) is 2. The number of carbonyl (C=O) groups excluding carboxylic acids is 2. The van der Waals surface area contributed by atoms with Gasteiger partial charge in [0.15, 0.2) is 0 Å². The summed E-state index contributed by atoms with van der Waals surface area (Å²) in [6.45, 7) is 2.25. The Morgan fingerprint density at radius 1 is 1.17 bits per heavy atom. The second-order valence-electron chi connectivity index (χ2n) is 6.51. The molecule has 1 aromatic rings. The number of carbonyl (C=O) groups is 2. The standard InChI is InChI=1S/C18H22N4O2/c19-12-13-3-1-4-14(11-13)18(24)21-9-6-15(7-10-21)22-8-2-5-16(22)17(20)23/h1,3-4,11,15-16H,2,5-10H2,(H2,20,23). The molecule has 0 spiro atoms. The van der Waals surface area contributed by atoms with Crippen LogP contribution < -0.4 is 5.73 Å². The van der Waals surface area contributed by atoms with Crippen LogP contribution in [0.15, 0.2) is 24.3 Å². The zero-order chi connectivity index (χ0) is 17.1. The van der Waals surface area contributed by atoms with Crippen molar-refractivity contribution in [2.75, 3.05) is 19.6 Å². The summed E-state index contributed by atoms with van der Waals surface area (Å²) in [5, 5.41) is 8.96. The summed E-state index contributed by atoms with van der Waals surface area (Å²) in [7, 11) is 0. The molecule has 0 radical (unpaired) electrons. The molecule has 2 heterocycles. The van der Waals surface area contributed by atoms with E-state index in [1.807, 2.05) is 4.90 Å². The average molecular weight is 326 g/mol. The van der Waals surface area contributed by atoms with Crippen molar-refractivity contribution in [3.63, 3.8) is 0 Å². The molecule has 0 aromatic heterocycles. The van der Waals surface area contributed by atoms with Gasteiger partial charge in [-0.25, -0.2) is 0 Å². The van der Waals surface area contributed by atoms with Crippen LogP contribution in [0.5, 0.6) is 0 Å². The molecule has 24 heavy (non-hydrogen) atoms. The molecule has 2 amide bonds. The fourth-order valence-corrected chi connectivity index (χ4v) is 3.84. The molecular weight excluding hydrogens is 304 g/mol. The highest BCUT2D eigenvalue weighted by Crippen LogP contribution is 2.26. The molecule has 3 rings (SSSR count). The molecular formula is C18H22N4O2. The number of primary amides is 1. The Bertz CT molecular complexity index is 674. The van der Waals surface area contributed by atoms with Crippen molar-refractivity contribution in [1.82, 2.24) is 9.80 Å². The monoisotopic (exact) mass is 326 g/mol. The zero-order valence-electron chi connectivity index (χ0n) is 13.6. The minimum absolute atomic E-state index is 0.0292. The maximum atomic E-state index is 12.6. The Kier molecular flexibility index (Phi) is 4.81. The average Bonchev–Trinajstić information content (AvgIpc) is 3.11. The molecule has 126 valence electrons. The van der Waals surface area contributed by atoms with Crippen LogP contribution in [0.25, 0.3) is 0 Å². The summed E-state index contributed by atoms with van der Waals surface area (Å²) in [6.07, 6.45) is 3.56. The van der Waals surface area contributed by atoms with E-state index in [9.17, 15) is 9.59 Å². The summed E-state index contributed by atoms with van der Waals surface area (Å²) in [4.78, 5) is 28.2. The lowest BCUT2D eigenvalue weighted by atomic mass is 10.0. The number of nitrogens with zero attached hydrogens (tertiary/aromatic N) is 3. The molecule has 6 nitrogen and oxygen atoms in total. The van der Waals surface area contributed by atoms with E-state index in [1.54, 1.807) is 24.3 Å². The summed E-state index contributed by atoms with van der Waals surface area (Å²) in [6, 6.07) is 9.05. The van der Waals surface area contributed by atoms with Crippen molar-refractivity contribution in [2.45, 2.75) is 37.8 Å². The van der Waals surface area contributed by atoms with Crippen LogP contribution >= 0.6 is 0 Å². The number of benzene rings is 1. The van der Waals surface area contributed by atoms with Gasteiger partial charge in [0.1, 0.15) is 0 Å². The van der Waals surface area contributed by atoms with Crippen LogP contribution in [-0.4, -0.2) is 53.3 Å². The highest BCUT2D eigenvalue weighted by atomic mass is 16.2. The van der Waals surface area contributed by atoms with Crippen LogP contribution in [0.3, 0.4) is 0 Å². The van der Waals surface area contributed by atoms with Gasteiger partial charge in [-0.15, -0.1) is 0 Å². The molecule has 1 atom stereocenters. The molecule has 2 aliphatic heterocycles. The third kappa shape index (κ3) is 3.26. The van der Waals surface area contributed by atoms with Crippen molar-refractivity contribution in [3.05, 3.63) is 35.4 Å². The van der Waals surface area contributed by atoms with E-state index >= 15 is 0 Å². The van der Waals surface area contributed by atoms with Gasteiger partial charge < -0.3 is 10.6 Å². The predicted octanol–water partition coefficient (Wildman–Crippen LogP) is 1.11. The zero-order valence-corrected chi connectivity index (χ0v) is 13.6. The van der Waals surface area contributed by atoms with E-state index in [-0.39, 0.29) is 17.9 Å². The van der Waals surface area contributed by atoms with E-state index in [4.69, 9.17) is 11.0 Å². The van der Waals surface area contributed by atoms with Gasteiger partial charge in [0.05, 0.1) is 17.7 Å². The number of rotatable bonds is 3. The minimum Gasteiger partial charge on any atom is -0.368 e. The Morgan fingerprint density at radius 2 is 1.92 bits per heavy atom. The van der Waals surface area contributed by atoms with Crippen molar-refractivity contribution in [3.8, 4) is 6.07 Å². The summed E-state index contributed by atoms with van der Waals surface area (Å²) >= 11 is 0. The second kappa shape index (κ2) is 7.02. The third-order valence-corrected chi connectivity index (χ3v) is 5.08. The molecule has 0 aliphatic carbocycles. The fourth-order valence-electron chi connectivity index (χ4n) is 3.84. The summed E-state index contributed by atoms with van der Waals surface area (Å²) in [5.74, 6) is -0.266. The Morgan fingerprint density at radius 3 is 2.58 bits per heavy atom. The quantitative estimate of drug-likeness (QED) is 0.901. The topological polar surface area (TPSA) is 90.4 Å². The van der Waals surface area contributed by atoms with Gasteiger partial charge >= 0.3 is 0 Å². The van der Waals surface area contributed by atoms with Gasteiger partial charge in [-0.05, 0) is 50.4 Å². The molecule has 1 aromatic carbocycles. The highest BCUT2D eigenvalue weighted by Gasteiger charge is 2.36. The lowest BCUT2D eigenvalue weighted by molar-refractivity contribution is -0.123. The Hall–Kier alpha value is -2.39. The van der Waals surface area contributed by atoms with Gasteiger partial charge in [-0.2, -0.15) is 5.26 Å². The lowest BCUT2D eigenvalue weighted by Gasteiger charge is -2.38. The fraction of sp³-hybridized carbons (Fsp3) is 0.500.